The third-order valence-electron chi connectivity index (χ3n) is 3.51. The Morgan fingerprint density at radius 3 is 2.83 bits per heavy atom. The quantitative estimate of drug-likeness (QED) is 0.637. The second kappa shape index (κ2) is 7.73. The lowest BCUT2D eigenvalue weighted by molar-refractivity contribution is -0.143. The van der Waals surface area contributed by atoms with Crippen LogP contribution in [0.1, 0.15) is 19.0 Å². The van der Waals surface area contributed by atoms with Crippen molar-refractivity contribution < 1.29 is 9.53 Å². The van der Waals surface area contributed by atoms with E-state index in [1.54, 1.807) is 18.0 Å². The van der Waals surface area contributed by atoms with Gasteiger partial charge in [-0.25, -0.2) is 4.98 Å². The first-order chi connectivity index (χ1) is 11.7. The molecule has 3 aromatic rings. The van der Waals surface area contributed by atoms with E-state index >= 15 is 0 Å². The number of hydrogen-bond donors (Lipinski definition) is 1. The zero-order chi connectivity index (χ0) is 16.9. The maximum Gasteiger partial charge on any atom is 0.306 e. The molecule has 3 rings (SSSR count). The van der Waals surface area contributed by atoms with Gasteiger partial charge in [-0.3, -0.25) is 4.79 Å². The van der Waals surface area contributed by atoms with Gasteiger partial charge in [0, 0.05) is 32.1 Å². The van der Waals surface area contributed by atoms with Gasteiger partial charge in [-0.05, 0) is 49.7 Å². The number of hydrogen-bond acceptors (Lipinski definition) is 4. The third kappa shape index (κ3) is 3.91. The zero-order valence-corrected chi connectivity index (χ0v) is 14.8. The van der Waals surface area contributed by atoms with Crippen LogP contribution in [0, 0.1) is 0 Å². The number of halogens is 1. The highest BCUT2D eigenvalue weighted by Gasteiger charge is 2.15. The fraction of sp³-hybridized carbons (Fsp3) is 0.222. The number of nitrogens with zero attached hydrogens (tertiary/aromatic N) is 1. The number of aryl methyl sites for hydroxylation is 1. The molecule has 4 nitrogen and oxygen atoms in total. The Kier molecular flexibility index (Phi) is 5.43. The molecule has 0 atom stereocenters. The number of esters is 1. The summed E-state index contributed by atoms with van der Waals surface area (Å²) in [4.78, 5) is 21.5. The monoisotopic (exact) mass is 360 g/mol. The maximum absolute atomic E-state index is 11.7. The summed E-state index contributed by atoms with van der Waals surface area (Å²) in [5.74, 6) is -0.188. The van der Waals surface area contributed by atoms with Gasteiger partial charge in [0.1, 0.15) is 5.65 Å². The minimum Gasteiger partial charge on any atom is -0.466 e. The summed E-state index contributed by atoms with van der Waals surface area (Å²) in [5, 5.41) is 1.76. The number of pyridine rings is 1. The Morgan fingerprint density at radius 2 is 2.08 bits per heavy atom. The molecule has 124 valence electrons. The fourth-order valence-corrected chi connectivity index (χ4v) is 3.61. The minimum atomic E-state index is -0.188. The van der Waals surface area contributed by atoms with Crippen LogP contribution in [-0.4, -0.2) is 22.5 Å². The molecule has 0 radical (unpaired) electrons. The molecular formula is C18H17ClN2O2S. The molecule has 0 unspecified atom stereocenters. The largest absolute Gasteiger partial charge is 0.466 e. The molecule has 0 saturated heterocycles. The molecule has 0 aliphatic rings. The molecule has 24 heavy (non-hydrogen) atoms. The zero-order valence-electron chi connectivity index (χ0n) is 13.2. The summed E-state index contributed by atoms with van der Waals surface area (Å²) in [6.07, 6.45) is 2.69. The average molecular weight is 361 g/mol. The van der Waals surface area contributed by atoms with Crippen LogP contribution in [-0.2, 0) is 16.0 Å². The first-order valence-electron chi connectivity index (χ1n) is 7.72. The molecule has 0 bridgehead atoms. The van der Waals surface area contributed by atoms with Crippen LogP contribution in [0.5, 0.6) is 0 Å². The smallest absolute Gasteiger partial charge is 0.306 e. The number of nitrogens with one attached hydrogen (secondary N) is 1. The van der Waals surface area contributed by atoms with Gasteiger partial charge in [-0.15, -0.1) is 0 Å². The molecule has 0 spiro atoms. The number of carbonyl (C=O) groups excluding carboxylic acids is 1. The number of ether oxygens (including phenoxy) is 1. The lowest BCUT2D eigenvalue weighted by atomic mass is 10.2. The molecule has 1 aromatic carbocycles. The van der Waals surface area contributed by atoms with Gasteiger partial charge >= 0.3 is 5.97 Å². The van der Waals surface area contributed by atoms with Crippen LogP contribution in [0.4, 0.5) is 0 Å². The summed E-state index contributed by atoms with van der Waals surface area (Å²) >= 11 is 7.60. The predicted molar refractivity (Wildman–Crippen MR) is 96.6 cm³/mol. The first kappa shape index (κ1) is 16.9. The number of aromatic nitrogens is 2. The summed E-state index contributed by atoms with van der Waals surface area (Å²) < 4.78 is 5.02. The second-order valence-electron chi connectivity index (χ2n) is 5.19. The Balaban J connectivity index is 1.89. The predicted octanol–water partition coefficient (Wildman–Crippen LogP) is 4.86. The number of rotatable bonds is 6. The number of aromatic amines is 1. The molecular weight excluding hydrogens is 344 g/mol. The number of fused-ring (bicyclic) bond motifs is 1. The minimum absolute atomic E-state index is 0.188. The fourth-order valence-electron chi connectivity index (χ4n) is 2.42. The Bertz CT molecular complexity index is 846. The SMILES string of the molecule is CCOC(=O)CCc1[nH]c2ncccc2c1Sc1ccc(Cl)cc1. The average Bonchev–Trinajstić information content (AvgIpc) is 2.93. The van der Waals surface area contributed by atoms with Crippen LogP contribution in [0.25, 0.3) is 11.0 Å². The van der Waals surface area contributed by atoms with Gasteiger partial charge in [0.05, 0.1) is 13.0 Å². The van der Waals surface area contributed by atoms with Crippen LogP contribution >= 0.6 is 23.4 Å². The molecule has 2 aromatic heterocycles. The second-order valence-corrected chi connectivity index (χ2v) is 6.71. The van der Waals surface area contributed by atoms with Crippen molar-refractivity contribution in [2.24, 2.45) is 0 Å². The van der Waals surface area contributed by atoms with Gasteiger partial charge in [-0.1, -0.05) is 23.4 Å². The Labute approximate surface area is 149 Å². The third-order valence-corrected chi connectivity index (χ3v) is 4.94. The van der Waals surface area contributed by atoms with Crippen molar-refractivity contribution in [2.75, 3.05) is 6.61 Å². The van der Waals surface area contributed by atoms with E-state index in [0.29, 0.717) is 24.5 Å². The van der Waals surface area contributed by atoms with E-state index in [1.807, 2.05) is 43.3 Å². The topological polar surface area (TPSA) is 55.0 Å². The first-order valence-corrected chi connectivity index (χ1v) is 8.91. The number of H-pyrrole nitrogens is 1. The van der Waals surface area contributed by atoms with Crippen LogP contribution < -0.4 is 0 Å². The van der Waals surface area contributed by atoms with Crippen molar-refractivity contribution in [3.8, 4) is 0 Å². The van der Waals surface area contributed by atoms with Gasteiger partial charge in [-0.2, -0.15) is 0 Å². The lowest BCUT2D eigenvalue weighted by Crippen LogP contribution is -2.05. The number of benzene rings is 1. The summed E-state index contributed by atoms with van der Waals surface area (Å²) in [5.41, 5.74) is 1.82. The molecule has 0 fully saturated rings. The Hall–Kier alpha value is -1.98. The van der Waals surface area contributed by atoms with Crippen LogP contribution in [0.2, 0.25) is 5.02 Å². The molecule has 0 aliphatic heterocycles. The summed E-state index contributed by atoms with van der Waals surface area (Å²) in [6.45, 7) is 2.21. The Morgan fingerprint density at radius 1 is 1.29 bits per heavy atom. The van der Waals surface area contributed by atoms with E-state index in [9.17, 15) is 4.79 Å². The number of carbonyl (C=O) groups is 1. The van der Waals surface area contributed by atoms with Crippen LogP contribution in [0.15, 0.2) is 52.4 Å². The highest BCUT2D eigenvalue weighted by molar-refractivity contribution is 7.99. The molecule has 6 heteroatoms. The van der Waals surface area contributed by atoms with E-state index < -0.39 is 0 Å². The standard InChI is InChI=1S/C18H17ClN2O2S/c1-2-23-16(22)10-9-15-17(14-4-3-11-20-18(14)21-15)24-13-7-5-12(19)6-8-13/h3-8,11H,2,9-10H2,1H3,(H,20,21). The van der Waals surface area contributed by atoms with Gasteiger partial charge in [0.15, 0.2) is 0 Å². The van der Waals surface area contributed by atoms with Crippen LogP contribution in [0.3, 0.4) is 0 Å². The van der Waals surface area contributed by atoms with E-state index in [2.05, 4.69) is 9.97 Å². The van der Waals surface area contributed by atoms with E-state index in [0.717, 1.165) is 26.5 Å². The maximum atomic E-state index is 11.7. The van der Waals surface area contributed by atoms with E-state index in [4.69, 9.17) is 16.3 Å². The van der Waals surface area contributed by atoms with Crippen molar-refractivity contribution in [1.82, 2.24) is 9.97 Å². The molecule has 2 heterocycles. The van der Waals surface area contributed by atoms with Crippen molar-refractivity contribution in [2.45, 2.75) is 29.6 Å². The van der Waals surface area contributed by atoms with Gasteiger partial charge in [0.25, 0.3) is 0 Å². The van der Waals surface area contributed by atoms with Gasteiger partial charge < -0.3 is 9.72 Å². The summed E-state index contributed by atoms with van der Waals surface area (Å²) in [6, 6.07) is 11.7. The van der Waals surface area contributed by atoms with E-state index in [-0.39, 0.29) is 5.97 Å². The molecule has 0 aliphatic carbocycles. The summed E-state index contributed by atoms with van der Waals surface area (Å²) in [7, 11) is 0. The van der Waals surface area contributed by atoms with Crippen molar-refractivity contribution in [3.63, 3.8) is 0 Å². The normalized spacial score (nSPS) is 10.9. The van der Waals surface area contributed by atoms with E-state index in [1.165, 1.54) is 0 Å². The highest BCUT2D eigenvalue weighted by atomic mass is 35.5. The molecule has 1 N–H and O–H groups in total. The lowest BCUT2D eigenvalue weighted by Gasteiger charge is -2.05. The molecule has 0 amide bonds. The van der Waals surface area contributed by atoms with Crippen molar-refractivity contribution in [3.05, 3.63) is 53.3 Å². The molecule has 0 saturated carbocycles. The highest BCUT2D eigenvalue weighted by Crippen LogP contribution is 2.37. The van der Waals surface area contributed by atoms with Crippen molar-refractivity contribution in [1.29, 1.82) is 0 Å². The van der Waals surface area contributed by atoms with Gasteiger partial charge in [0.2, 0.25) is 0 Å². The van der Waals surface area contributed by atoms with Crippen molar-refractivity contribution >= 4 is 40.4 Å².